The fourth-order valence-corrected chi connectivity index (χ4v) is 1.00. The van der Waals surface area contributed by atoms with Crippen LogP contribution in [0.15, 0.2) is 17.3 Å². The maximum atomic E-state index is 13.1. The van der Waals surface area contributed by atoms with Crippen molar-refractivity contribution >= 4 is 30.6 Å². The minimum atomic E-state index is -0.811. The van der Waals surface area contributed by atoms with Crippen LogP contribution in [-0.2, 0) is 6.54 Å². The van der Waals surface area contributed by atoms with E-state index in [4.69, 9.17) is 16.7 Å². The Morgan fingerprint density at radius 3 is 2.00 bits per heavy atom. The molecule has 1 rings (SSSR count). The number of hydrogen-bond donors (Lipinski definition) is 3. The Bertz CT molecular complexity index is 365. The number of hydrogen-bond acceptors (Lipinski definition) is 3. The zero-order chi connectivity index (χ0) is 10.7. The van der Waals surface area contributed by atoms with Crippen molar-refractivity contribution in [1.82, 2.24) is 0 Å². The summed E-state index contributed by atoms with van der Waals surface area (Å²) in [5.74, 6) is -1.98. The van der Waals surface area contributed by atoms with Gasteiger partial charge in [0, 0.05) is 17.7 Å². The number of amidine groups is 1. The van der Waals surface area contributed by atoms with E-state index in [1.165, 1.54) is 0 Å². The molecule has 0 aliphatic carbocycles. The van der Waals surface area contributed by atoms with E-state index in [1.54, 1.807) is 0 Å². The highest BCUT2D eigenvalue weighted by Crippen LogP contribution is 2.14. The van der Waals surface area contributed by atoms with Gasteiger partial charge in [-0.15, -0.1) is 24.8 Å². The Hall–Kier alpha value is -1.11. The topological polar surface area (TPSA) is 84.6 Å². The summed E-state index contributed by atoms with van der Waals surface area (Å²) < 4.78 is 26.2. The summed E-state index contributed by atoms with van der Waals surface area (Å²) >= 11 is 0. The molecule has 16 heavy (non-hydrogen) atoms. The molecule has 0 radical (unpaired) electrons. The molecule has 0 aromatic heterocycles. The van der Waals surface area contributed by atoms with Gasteiger partial charge < -0.3 is 16.7 Å². The van der Waals surface area contributed by atoms with Gasteiger partial charge in [-0.25, -0.2) is 8.78 Å². The van der Waals surface area contributed by atoms with Gasteiger partial charge in [0.25, 0.3) is 0 Å². The molecule has 0 bridgehead atoms. The number of nitrogens with two attached hydrogens (primary N) is 2. The van der Waals surface area contributed by atoms with Gasteiger partial charge in [0.2, 0.25) is 0 Å². The van der Waals surface area contributed by atoms with Crippen LogP contribution in [0.5, 0.6) is 0 Å². The lowest BCUT2D eigenvalue weighted by atomic mass is 10.1. The first-order chi connectivity index (χ1) is 6.60. The maximum Gasteiger partial charge on any atom is 0.170 e. The number of benzene rings is 1. The van der Waals surface area contributed by atoms with Gasteiger partial charge >= 0.3 is 0 Å². The molecule has 0 atom stereocenters. The third kappa shape index (κ3) is 3.48. The maximum absolute atomic E-state index is 13.1. The zero-order valence-corrected chi connectivity index (χ0v) is 9.62. The van der Waals surface area contributed by atoms with Gasteiger partial charge in [-0.2, -0.15) is 0 Å². The predicted molar refractivity (Wildman–Crippen MR) is 61.3 cm³/mol. The van der Waals surface area contributed by atoms with Crippen molar-refractivity contribution in [3.63, 3.8) is 0 Å². The highest BCUT2D eigenvalue weighted by atomic mass is 35.5. The molecule has 8 heteroatoms. The SMILES string of the molecule is Cl.Cl.NCc1c(F)cc(/C(N)=N/O)cc1F. The summed E-state index contributed by atoms with van der Waals surface area (Å²) in [5.41, 5.74) is 10.0. The molecule has 0 spiro atoms. The zero-order valence-electron chi connectivity index (χ0n) is 7.98. The van der Waals surface area contributed by atoms with Gasteiger partial charge in [-0.3, -0.25) is 0 Å². The largest absolute Gasteiger partial charge is 0.409 e. The summed E-state index contributed by atoms with van der Waals surface area (Å²) in [6.07, 6.45) is 0. The lowest BCUT2D eigenvalue weighted by Crippen LogP contribution is -2.15. The van der Waals surface area contributed by atoms with E-state index in [0.717, 1.165) is 12.1 Å². The van der Waals surface area contributed by atoms with Crippen molar-refractivity contribution in [2.45, 2.75) is 6.54 Å². The molecule has 1 aromatic rings. The van der Waals surface area contributed by atoms with Gasteiger partial charge in [-0.1, -0.05) is 5.16 Å². The second kappa shape index (κ2) is 7.21. The number of rotatable bonds is 2. The van der Waals surface area contributed by atoms with E-state index in [-0.39, 0.29) is 48.3 Å². The molecular weight excluding hydrogens is 263 g/mol. The Morgan fingerprint density at radius 2 is 1.69 bits per heavy atom. The monoisotopic (exact) mass is 273 g/mol. The van der Waals surface area contributed by atoms with Crippen molar-refractivity contribution in [2.75, 3.05) is 0 Å². The smallest absolute Gasteiger partial charge is 0.170 e. The highest BCUT2D eigenvalue weighted by molar-refractivity contribution is 5.97. The second-order valence-corrected chi connectivity index (χ2v) is 2.61. The third-order valence-electron chi connectivity index (χ3n) is 1.75. The van der Waals surface area contributed by atoms with Crippen molar-refractivity contribution < 1.29 is 14.0 Å². The number of nitrogens with zero attached hydrogens (tertiary/aromatic N) is 1. The minimum absolute atomic E-state index is 0. The van der Waals surface area contributed by atoms with Crippen LogP contribution in [0, 0.1) is 11.6 Å². The Morgan fingerprint density at radius 1 is 1.25 bits per heavy atom. The first-order valence-corrected chi connectivity index (χ1v) is 3.76. The van der Waals surface area contributed by atoms with E-state index < -0.39 is 11.6 Å². The molecule has 92 valence electrons. The average Bonchev–Trinajstić information content (AvgIpc) is 2.16. The van der Waals surface area contributed by atoms with Crippen molar-refractivity contribution in [3.05, 3.63) is 34.9 Å². The number of halogens is 4. The first-order valence-electron chi connectivity index (χ1n) is 3.76. The fourth-order valence-electron chi connectivity index (χ4n) is 1.00. The Kier molecular flexibility index (Phi) is 7.79. The molecule has 0 heterocycles. The van der Waals surface area contributed by atoms with Crippen LogP contribution in [-0.4, -0.2) is 11.0 Å². The molecule has 0 saturated heterocycles. The van der Waals surface area contributed by atoms with Crippen LogP contribution < -0.4 is 11.5 Å². The molecule has 5 N–H and O–H groups in total. The second-order valence-electron chi connectivity index (χ2n) is 2.61. The summed E-state index contributed by atoms with van der Waals surface area (Å²) in [5, 5.41) is 10.9. The lowest BCUT2D eigenvalue weighted by Gasteiger charge is -2.04. The standard InChI is InChI=1S/C8H9F2N3O.2ClH/c9-6-1-4(8(12)13-14)2-7(10)5(6)3-11;;/h1-2,14H,3,11H2,(H2,12,13);2*1H. The van der Waals surface area contributed by atoms with E-state index >= 15 is 0 Å². The highest BCUT2D eigenvalue weighted by Gasteiger charge is 2.11. The fraction of sp³-hybridized carbons (Fsp3) is 0.125. The summed E-state index contributed by atoms with van der Waals surface area (Å²) in [7, 11) is 0. The first kappa shape index (κ1) is 17.3. The normalized spacial score (nSPS) is 10.3. The van der Waals surface area contributed by atoms with Crippen LogP contribution in [0.1, 0.15) is 11.1 Å². The van der Waals surface area contributed by atoms with Crippen LogP contribution in [0.2, 0.25) is 0 Å². The minimum Gasteiger partial charge on any atom is -0.409 e. The van der Waals surface area contributed by atoms with E-state index in [1.807, 2.05) is 0 Å². The molecule has 0 amide bonds. The molecule has 0 aliphatic rings. The molecule has 4 nitrogen and oxygen atoms in total. The van der Waals surface area contributed by atoms with Crippen molar-refractivity contribution in [3.8, 4) is 0 Å². The Labute approximate surface area is 103 Å². The summed E-state index contributed by atoms with van der Waals surface area (Å²) in [6, 6.07) is 1.92. The molecular formula is C8H11Cl2F2N3O. The molecule has 1 aromatic carbocycles. The van der Waals surface area contributed by atoms with Gasteiger partial charge in [0.05, 0.1) is 0 Å². The average molecular weight is 274 g/mol. The van der Waals surface area contributed by atoms with E-state index in [9.17, 15) is 8.78 Å². The number of oxime groups is 1. The van der Waals surface area contributed by atoms with Gasteiger partial charge in [0.1, 0.15) is 11.6 Å². The summed E-state index contributed by atoms with van der Waals surface area (Å²) in [6.45, 7) is -0.242. The third-order valence-corrected chi connectivity index (χ3v) is 1.75. The van der Waals surface area contributed by atoms with Crippen LogP contribution in [0.4, 0.5) is 8.78 Å². The predicted octanol–water partition coefficient (Wildman–Crippen LogP) is 1.36. The lowest BCUT2D eigenvalue weighted by molar-refractivity contribution is 0.318. The van der Waals surface area contributed by atoms with Gasteiger partial charge in [-0.05, 0) is 12.1 Å². The van der Waals surface area contributed by atoms with E-state index in [0.29, 0.717) is 0 Å². The van der Waals surface area contributed by atoms with Crippen molar-refractivity contribution in [2.24, 2.45) is 16.6 Å². The van der Waals surface area contributed by atoms with Crippen LogP contribution in [0.25, 0.3) is 0 Å². The summed E-state index contributed by atoms with van der Waals surface area (Å²) in [4.78, 5) is 0. The molecule has 0 unspecified atom stereocenters. The van der Waals surface area contributed by atoms with Crippen LogP contribution >= 0.6 is 24.8 Å². The van der Waals surface area contributed by atoms with E-state index in [2.05, 4.69) is 5.16 Å². The molecule has 0 saturated carbocycles. The Balaban J connectivity index is 0. The quantitative estimate of drug-likeness (QED) is 0.329. The van der Waals surface area contributed by atoms with Crippen molar-refractivity contribution in [1.29, 1.82) is 0 Å². The van der Waals surface area contributed by atoms with Gasteiger partial charge in [0.15, 0.2) is 5.84 Å². The molecule has 0 aliphatic heterocycles. The van der Waals surface area contributed by atoms with Crippen LogP contribution in [0.3, 0.4) is 0 Å². The molecule has 0 fully saturated rings.